The number of halogens is 1. The molecule has 9 heteroatoms. The molecule has 0 amide bonds. The van der Waals surface area contributed by atoms with Gasteiger partial charge in [0.05, 0.1) is 19.8 Å². The SMILES string of the molecule is CCNC(=NCc1ccc(OC)cc1OC1CCCC1)NCCn1cnnc1CC.I. The van der Waals surface area contributed by atoms with Crippen LogP contribution < -0.4 is 20.1 Å². The van der Waals surface area contributed by atoms with Crippen LogP contribution in [-0.2, 0) is 19.5 Å². The van der Waals surface area contributed by atoms with Gasteiger partial charge in [-0.2, -0.15) is 0 Å². The van der Waals surface area contributed by atoms with Crippen LogP contribution in [0.5, 0.6) is 11.5 Å². The summed E-state index contributed by atoms with van der Waals surface area (Å²) in [5, 5.41) is 14.8. The van der Waals surface area contributed by atoms with Gasteiger partial charge in [-0.3, -0.25) is 0 Å². The summed E-state index contributed by atoms with van der Waals surface area (Å²) < 4.78 is 13.7. The van der Waals surface area contributed by atoms with E-state index in [2.05, 4.69) is 39.2 Å². The quantitative estimate of drug-likeness (QED) is 0.272. The predicted molar refractivity (Wildman–Crippen MR) is 134 cm³/mol. The van der Waals surface area contributed by atoms with Crippen molar-refractivity contribution in [1.82, 2.24) is 25.4 Å². The largest absolute Gasteiger partial charge is 0.497 e. The third-order valence-corrected chi connectivity index (χ3v) is 5.28. The second-order valence-corrected chi connectivity index (χ2v) is 7.41. The van der Waals surface area contributed by atoms with Crippen molar-refractivity contribution >= 4 is 29.9 Å². The van der Waals surface area contributed by atoms with Gasteiger partial charge in [0, 0.05) is 37.7 Å². The molecule has 1 heterocycles. The zero-order chi connectivity index (χ0) is 21.2. The molecule has 0 unspecified atom stereocenters. The van der Waals surface area contributed by atoms with Crippen molar-refractivity contribution in [3.05, 3.63) is 35.9 Å². The van der Waals surface area contributed by atoms with E-state index in [1.165, 1.54) is 12.8 Å². The van der Waals surface area contributed by atoms with Crippen molar-refractivity contribution in [3.63, 3.8) is 0 Å². The summed E-state index contributed by atoms with van der Waals surface area (Å²) in [5.41, 5.74) is 1.06. The third kappa shape index (κ3) is 7.55. The van der Waals surface area contributed by atoms with E-state index in [1.807, 2.05) is 18.2 Å². The molecular formula is C22H35IN6O2. The number of ether oxygens (including phenoxy) is 2. The number of nitrogens with one attached hydrogen (secondary N) is 2. The van der Waals surface area contributed by atoms with Crippen molar-refractivity contribution in [2.45, 2.75) is 65.1 Å². The van der Waals surface area contributed by atoms with E-state index in [-0.39, 0.29) is 24.0 Å². The van der Waals surface area contributed by atoms with Crippen molar-refractivity contribution in [2.75, 3.05) is 20.2 Å². The summed E-state index contributed by atoms with van der Waals surface area (Å²) in [6.07, 6.45) is 7.65. The maximum Gasteiger partial charge on any atom is 0.191 e. The van der Waals surface area contributed by atoms with E-state index in [9.17, 15) is 0 Å². The van der Waals surface area contributed by atoms with Crippen molar-refractivity contribution in [1.29, 1.82) is 0 Å². The van der Waals surface area contributed by atoms with Crippen LogP contribution in [0.4, 0.5) is 0 Å². The summed E-state index contributed by atoms with van der Waals surface area (Å²) in [7, 11) is 1.68. The fraction of sp³-hybridized carbons (Fsp3) is 0.591. The first-order valence-corrected chi connectivity index (χ1v) is 11.0. The number of nitrogens with zero attached hydrogens (tertiary/aromatic N) is 4. The first-order valence-electron chi connectivity index (χ1n) is 11.0. The Bertz CT molecular complexity index is 820. The molecule has 0 aliphatic heterocycles. The van der Waals surface area contributed by atoms with Crippen LogP contribution >= 0.6 is 24.0 Å². The van der Waals surface area contributed by atoms with Gasteiger partial charge < -0.3 is 24.7 Å². The van der Waals surface area contributed by atoms with Crippen molar-refractivity contribution in [3.8, 4) is 11.5 Å². The molecule has 1 aromatic heterocycles. The first-order chi connectivity index (χ1) is 14.7. The standard InChI is InChI=1S/C22H34N6O2.HI/c1-4-21-27-26-16-28(21)13-12-24-22(23-5-2)25-15-17-10-11-19(29-3)14-20(17)30-18-8-6-7-9-18;/h10-11,14,16,18H,4-9,12-13,15H2,1-3H3,(H2,23,24,25);1H. The fourth-order valence-electron chi connectivity index (χ4n) is 3.63. The molecular weight excluding hydrogens is 507 g/mol. The molecule has 1 aliphatic rings. The number of aryl methyl sites for hydroxylation is 1. The molecule has 0 atom stereocenters. The molecule has 1 aliphatic carbocycles. The Hall–Kier alpha value is -2.04. The molecule has 2 N–H and O–H groups in total. The maximum atomic E-state index is 6.29. The predicted octanol–water partition coefficient (Wildman–Crippen LogP) is 3.54. The van der Waals surface area contributed by atoms with Crippen LogP contribution in [0.3, 0.4) is 0 Å². The van der Waals surface area contributed by atoms with Crippen LogP contribution in [-0.4, -0.2) is 47.0 Å². The first kappa shape index (κ1) is 25.2. The summed E-state index contributed by atoms with van der Waals surface area (Å²) in [4.78, 5) is 4.77. The minimum absolute atomic E-state index is 0. The summed E-state index contributed by atoms with van der Waals surface area (Å²) in [6.45, 7) is 7.01. The number of methoxy groups -OCH3 is 1. The van der Waals surface area contributed by atoms with E-state index < -0.39 is 0 Å². The highest BCUT2D eigenvalue weighted by Crippen LogP contribution is 2.30. The maximum absolute atomic E-state index is 6.29. The zero-order valence-corrected chi connectivity index (χ0v) is 21.1. The molecule has 3 rings (SSSR count). The van der Waals surface area contributed by atoms with Gasteiger partial charge in [0.2, 0.25) is 0 Å². The van der Waals surface area contributed by atoms with Gasteiger partial charge in [-0.25, -0.2) is 4.99 Å². The molecule has 172 valence electrons. The van der Waals surface area contributed by atoms with Crippen LogP contribution in [0.1, 0.15) is 50.9 Å². The lowest BCUT2D eigenvalue weighted by Crippen LogP contribution is -2.39. The lowest BCUT2D eigenvalue weighted by molar-refractivity contribution is 0.207. The van der Waals surface area contributed by atoms with E-state index in [4.69, 9.17) is 14.5 Å². The van der Waals surface area contributed by atoms with E-state index in [0.717, 1.165) is 67.7 Å². The van der Waals surface area contributed by atoms with Crippen molar-refractivity contribution < 1.29 is 9.47 Å². The Labute approximate surface area is 202 Å². The molecule has 0 bridgehead atoms. The number of hydrogen-bond acceptors (Lipinski definition) is 5. The highest BCUT2D eigenvalue weighted by Gasteiger charge is 2.18. The van der Waals surface area contributed by atoms with Gasteiger partial charge in [0.25, 0.3) is 0 Å². The third-order valence-electron chi connectivity index (χ3n) is 5.28. The monoisotopic (exact) mass is 542 g/mol. The van der Waals surface area contributed by atoms with Crippen molar-refractivity contribution in [2.24, 2.45) is 4.99 Å². The Morgan fingerprint density at radius 1 is 1.23 bits per heavy atom. The topological polar surface area (TPSA) is 85.6 Å². The molecule has 1 saturated carbocycles. The number of guanidine groups is 1. The number of benzene rings is 1. The normalized spacial score (nSPS) is 14.2. The van der Waals surface area contributed by atoms with Gasteiger partial charge in [-0.05, 0) is 44.7 Å². The Balaban J connectivity index is 0.00000341. The molecule has 0 spiro atoms. The Morgan fingerprint density at radius 3 is 2.74 bits per heavy atom. The average Bonchev–Trinajstić information content (AvgIpc) is 3.44. The fourth-order valence-corrected chi connectivity index (χ4v) is 3.63. The van der Waals surface area contributed by atoms with Gasteiger partial charge in [-0.15, -0.1) is 34.2 Å². The second kappa shape index (κ2) is 13.4. The average molecular weight is 542 g/mol. The Morgan fingerprint density at radius 2 is 2.03 bits per heavy atom. The minimum Gasteiger partial charge on any atom is -0.497 e. The molecule has 8 nitrogen and oxygen atoms in total. The summed E-state index contributed by atoms with van der Waals surface area (Å²) >= 11 is 0. The van der Waals surface area contributed by atoms with E-state index >= 15 is 0 Å². The number of aliphatic imine (C=N–C) groups is 1. The molecule has 1 fully saturated rings. The number of hydrogen-bond donors (Lipinski definition) is 2. The molecule has 2 aromatic rings. The van der Waals surface area contributed by atoms with Crippen LogP contribution in [0, 0.1) is 0 Å². The van der Waals surface area contributed by atoms with Gasteiger partial charge in [-0.1, -0.05) is 6.92 Å². The lowest BCUT2D eigenvalue weighted by atomic mass is 10.2. The van der Waals surface area contributed by atoms with Gasteiger partial charge in [0.15, 0.2) is 5.96 Å². The highest BCUT2D eigenvalue weighted by molar-refractivity contribution is 14.0. The summed E-state index contributed by atoms with van der Waals surface area (Å²) in [5.74, 6) is 3.45. The Kier molecular flexibility index (Phi) is 10.9. The minimum atomic E-state index is 0. The lowest BCUT2D eigenvalue weighted by Gasteiger charge is -2.17. The van der Waals surface area contributed by atoms with E-state index in [1.54, 1.807) is 13.4 Å². The molecule has 0 saturated heterocycles. The smallest absolute Gasteiger partial charge is 0.191 e. The zero-order valence-electron chi connectivity index (χ0n) is 18.8. The number of rotatable bonds is 10. The van der Waals surface area contributed by atoms with Crippen LogP contribution in [0.15, 0.2) is 29.5 Å². The van der Waals surface area contributed by atoms with Crippen LogP contribution in [0.2, 0.25) is 0 Å². The van der Waals surface area contributed by atoms with E-state index in [0.29, 0.717) is 12.6 Å². The molecule has 1 aromatic carbocycles. The molecule has 0 radical (unpaired) electrons. The second-order valence-electron chi connectivity index (χ2n) is 7.41. The molecule has 31 heavy (non-hydrogen) atoms. The summed E-state index contributed by atoms with van der Waals surface area (Å²) in [6, 6.07) is 5.98. The van der Waals surface area contributed by atoms with Gasteiger partial charge in [0.1, 0.15) is 23.7 Å². The highest BCUT2D eigenvalue weighted by atomic mass is 127. The number of aromatic nitrogens is 3. The van der Waals surface area contributed by atoms with Gasteiger partial charge >= 0.3 is 0 Å². The van der Waals surface area contributed by atoms with Crippen LogP contribution in [0.25, 0.3) is 0 Å².